The molecule has 9 heteroatoms. The SMILES string of the molecule is ClC(Cl)(Cl)Cl.Cl[I-](Cl)(Cl)Cl. The van der Waals surface area contributed by atoms with Crippen LogP contribution in [0, 0.1) is 0 Å². The van der Waals surface area contributed by atoms with Crippen LogP contribution in [-0.2, 0) is 0 Å². The molecule has 68 valence electrons. The van der Waals surface area contributed by atoms with Gasteiger partial charge in [0.1, 0.15) is 0 Å². The van der Waals surface area contributed by atoms with Crippen molar-refractivity contribution in [3.05, 3.63) is 0 Å². The van der Waals surface area contributed by atoms with Crippen LogP contribution in [0.4, 0.5) is 0 Å². The molecule has 0 unspecified atom stereocenters. The molecule has 0 nitrogen and oxygen atoms in total. The van der Waals surface area contributed by atoms with Gasteiger partial charge in [-0.15, -0.1) is 0 Å². The predicted octanol–water partition coefficient (Wildman–Crippen LogP) is 2.31. The van der Waals surface area contributed by atoms with Crippen LogP contribution in [0.5, 0.6) is 0 Å². The Kier molecular flexibility index (Phi) is 10.1. The fourth-order valence-corrected chi connectivity index (χ4v) is 0. The average Bonchev–Trinajstić information content (AvgIpc) is 1.12. The van der Waals surface area contributed by atoms with E-state index in [-0.39, 0.29) is 0 Å². The van der Waals surface area contributed by atoms with Gasteiger partial charge in [-0.1, -0.05) is 46.4 Å². The Morgan fingerprint density at radius 2 is 0.700 bits per heavy atom. The Balaban J connectivity index is 0. The first kappa shape index (κ1) is 15.5. The first-order chi connectivity index (χ1) is 4.00. The molecule has 0 saturated heterocycles. The van der Waals surface area contributed by atoms with Gasteiger partial charge in [0, 0.05) is 0 Å². The van der Waals surface area contributed by atoms with E-state index in [9.17, 15) is 0 Å². The van der Waals surface area contributed by atoms with E-state index in [1.54, 1.807) is 0 Å². The van der Waals surface area contributed by atoms with E-state index in [1.165, 1.54) is 0 Å². The molecule has 0 aliphatic heterocycles. The van der Waals surface area contributed by atoms with Gasteiger partial charge in [0.15, 0.2) is 0 Å². The van der Waals surface area contributed by atoms with Crippen LogP contribution < -0.4 is 13.9 Å². The van der Waals surface area contributed by atoms with Crippen molar-refractivity contribution in [2.24, 2.45) is 0 Å². The van der Waals surface area contributed by atoms with Gasteiger partial charge in [-0.25, -0.2) is 0 Å². The molecular weight excluding hydrogens is 423 g/mol. The summed E-state index contributed by atoms with van der Waals surface area (Å²) in [6.07, 6.45) is 0. The molecule has 0 saturated carbocycles. The molecule has 0 aromatic rings. The van der Waals surface area contributed by atoms with Crippen molar-refractivity contribution < 1.29 is 13.9 Å². The Morgan fingerprint density at radius 3 is 0.700 bits per heavy atom. The topological polar surface area (TPSA) is 0 Å². The summed E-state index contributed by atoms with van der Waals surface area (Å²) in [5, 5.41) is 0. The van der Waals surface area contributed by atoms with Gasteiger partial charge in [0.25, 0.3) is 3.25 Å². The molecule has 0 spiro atoms. The van der Waals surface area contributed by atoms with Crippen LogP contribution in [0.3, 0.4) is 0 Å². The van der Waals surface area contributed by atoms with Gasteiger partial charge in [-0.05, 0) is 0 Å². The van der Waals surface area contributed by atoms with Crippen LogP contribution in [0.1, 0.15) is 0 Å². The van der Waals surface area contributed by atoms with Crippen LogP contribution in [0.25, 0.3) is 0 Å². The Hall–Kier alpha value is 3.05. The van der Waals surface area contributed by atoms with E-state index in [0.29, 0.717) is 0 Å². The molecule has 0 fully saturated rings. The van der Waals surface area contributed by atoms with Crippen molar-refractivity contribution >= 4 is 82.0 Å². The summed E-state index contributed by atoms with van der Waals surface area (Å²) in [7, 11) is 20.0. The standard InChI is InChI=1S/CCl4.Cl4I/c2-1(3,4)5;1-5(2,3)4/q;-1. The van der Waals surface area contributed by atoms with Crippen LogP contribution in [-0.4, -0.2) is 3.25 Å². The third kappa shape index (κ3) is 120. The maximum atomic E-state index is 5.01. The number of halogens is 9. The van der Waals surface area contributed by atoms with E-state index in [2.05, 4.69) is 0 Å². The maximum absolute atomic E-state index is 5.01. The molecule has 0 aromatic carbocycles. The number of hydrogen-bond donors (Lipinski definition) is 0. The summed E-state index contributed by atoms with van der Waals surface area (Å²) in [6.45, 7) is 0. The third-order valence-corrected chi connectivity index (χ3v) is 0. The molecule has 0 heterocycles. The Bertz CT molecular complexity index is 52.2. The van der Waals surface area contributed by atoms with Gasteiger partial charge < -0.3 is 0 Å². The molecule has 0 N–H and O–H groups in total. The van der Waals surface area contributed by atoms with E-state index >= 15 is 0 Å². The zero-order valence-corrected chi connectivity index (χ0v) is 12.1. The van der Waals surface area contributed by atoms with Gasteiger partial charge in [-0.2, -0.15) is 0 Å². The van der Waals surface area contributed by atoms with E-state index in [0.717, 1.165) is 0 Å². The van der Waals surface area contributed by atoms with Crippen LogP contribution in [0.2, 0.25) is 0 Å². The van der Waals surface area contributed by atoms with Crippen molar-refractivity contribution in [1.29, 1.82) is 0 Å². The predicted molar refractivity (Wildman–Crippen MR) is 49.6 cm³/mol. The van der Waals surface area contributed by atoms with Crippen molar-refractivity contribution in [1.82, 2.24) is 0 Å². The van der Waals surface area contributed by atoms with Crippen LogP contribution in [0.15, 0.2) is 0 Å². The molecule has 0 aliphatic rings. The molecule has 0 atom stereocenters. The number of hydrogen-bond acceptors (Lipinski definition) is 0. The molecule has 0 rings (SSSR count). The molecule has 10 heavy (non-hydrogen) atoms. The summed E-state index contributed by atoms with van der Waals surface area (Å²) in [5.74, 6) is 0. The van der Waals surface area contributed by atoms with Crippen molar-refractivity contribution in [2.45, 2.75) is 3.25 Å². The van der Waals surface area contributed by atoms with Gasteiger partial charge >= 0.3 is 49.6 Å². The summed E-state index contributed by atoms with van der Waals surface area (Å²) < 4.78 is -1.61. The van der Waals surface area contributed by atoms with E-state index in [4.69, 9.17) is 82.0 Å². The Morgan fingerprint density at radius 1 is 0.700 bits per heavy atom. The summed E-state index contributed by atoms with van der Waals surface area (Å²) in [4.78, 5) is 0. The first-order valence-electron chi connectivity index (χ1n) is 1.33. The molecule has 0 aromatic heterocycles. The van der Waals surface area contributed by atoms with E-state index in [1.807, 2.05) is 0 Å². The quantitative estimate of drug-likeness (QED) is 0.415. The van der Waals surface area contributed by atoms with Gasteiger partial charge in [-0.3, -0.25) is 0 Å². The number of alkyl halides is 4. The van der Waals surface area contributed by atoms with E-state index < -0.39 is 17.2 Å². The summed E-state index contributed by atoms with van der Waals surface area (Å²) in [5.41, 5.74) is 0. The molecular formula is CCl8I-. The second kappa shape index (κ2) is 6.50. The fourth-order valence-electron chi connectivity index (χ4n) is 0. The second-order valence-electron chi connectivity index (χ2n) is 0.753. The molecule has 0 amide bonds. The monoisotopic (exact) mass is 419 g/mol. The molecule has 0 bridgehead atoms. The van der Waals surface area contributed by atoms with Gasteiger partial charge in [0.2, 0.25) is 0 Å². The van der Waals surface area contributed by atoms with Crippen molar-refractivity contribution in [2.75, 3.05) is 0 Å². The van der Waals surface area contributed by atoms with Gasteiger partial charge in [0.05, 0.1) is 0 Å². The third-order valence-electron chi connectivity index (χ3n) is 0. The first-order valence-corrected chi connectivity index (χ1v) is 13.8. The Labute approximate surface area is 97.7 Å². The zero-order valence-electron chi connectivity index (χ0n) is 3.90. The minimum atomic E-state index is -3.05. The molecule has 0 radical (unpaired) electrons. The zero-order chi connectivity index (χ0) is 9.00. The molecule has 0 aliphatic carbocycles. The number of rotatable bonds is 0. The summed E-state index contributed by atoms with van der Waals surface area (Å²) >= 11 is 16.3. The fraction of sp³-hybridized carbons (Fsp3) is 1.00. The van der Waals surface area contributed by atoms with Crippen LogP contribution >= 0.6 is 82.0 Å². The summed E-state index contributed by atoms with van der Waals surface area (Å²) in [6, 6.07) is 0. The van der Waals surface area contributed by atoms with Crippen molar-refractivity contribution in [3.8, 4) is 0 Å². The normalized spacial score (nSPS) is 13.6. The average molecular weight is 423 g/mol. The minimum absolute atomic E-state index is 1.61. The second-order valence-corrected chi connectivity index (χ2v) is 23.4. The van der Waals surface area contributed by atoms with Crippen molar-refractivity contribution in [3.63, 3.8) is 0 Å².